The second-order valence-electron chi connectivity index (χ2n) is 7.41. The van der Waals surface area contributed by atoms with Crippen molar-refractivity contribution in [2.45, 2.75) is 32.5 Å². The van der Waals surface area contributed by atoms with Gasteiger partial charge in [0.2, 0.25) is 0 Å². The topological polar surface area (TPSA) is 52.6 Å². The van der Waals surface area contributed by atoms with Crippen molar-refractivity contribution < 1.29 is 9.90 Å². The summed E-state index contributed by atoms with van der Waals surface area (Å²) in [5.74, 6) is 0.460. The molecule has 1 aliphatic heterocycles. The van der Waals surface area contributed by atoms with E-state index in [0.29, 0.717) is 5.92 Å². The zero-order valence-corrected chi connectivity index (χ0v) is 14.9. The Labute approximate surface area is 134 Å². The zero-order chi connectivity index (χ0) is 16.2. The fourth-order valence-corrected chi connectivity index (χ4v) is 3.37. The summed E-state index contributed by atoms with van der Waals surface area (Å²) in [7, 11) is -1.16. The molecule has 0 saturated carbocycles. The van der Waals surface area contributed by atoms with Gasteiger partial charge in [0, 0.05) is 37.1 Å². The molecular formula is C17H28N2O2Si. The first-order valence-corrected chi connectivity index (χ1v) is 11.8. The second-order valence-corrected chi connectivity index (χ2v) is 12.9. The van der Waals surface area contributed by atoms with Crippen LogP contribution in [0.25, 0.3) is 0 Å². The maximum absolute atomic E-state index is 12.6. The van der Waals surface area contributed by atoms with Gasteiger partial charge in [-0.3, -0.25) is 4.79 Å². The van der Waals surface area contributed by atoms with Gasteiger partial charge in [-0.1, -0.05) is 25.7 Å². The van der Waals surface area contributed by atoms with E-state index in [9.17, 15) is 9.90 Å². The number of likely N-dealkylation sites (tertiary alicyclic amines) is 1. The van der Waals surface area contributed by atoms with Gasteiger partial charge >= 0.3 is 0 Å². The number of hydrogen-bond donors (Lipinski definition) is 2. The van der Waals surface area contributed by atoms with Crippen molar-refractivity contribution >= 4 is 19.7 Å². The maximum Gasteiger partial charge on any atom is 0.253 e. The molecule has 2 rings (SSSR count). The lowest BCUT2D eigenvalue weighted by Crippen LogP contribution is -2.39. The van der Waals surface area contributed by atoms with Crippen molar-refractivity contribution in [2.75, 3.05) is 31.2 Å². The summed E-state index contributed by atoms with van der Waals surface area (Å²) < 4.78 is 0. The number of nitrogens with one attached hydrogen (secondary N) is 1. The third kappa shape index (κ3) is 4.85. The molecule has 1 fully saturated rings. The van der Waals surface area contributed by atoms with E-state index in [-0.39, 0.29) is 12.5 Å². The Morgan fingerprint density at radius 3 is 2.59 bits per heavy atom. The first-order valence-electron chi connectivity index (χ1n) is 8.13. The van der Waals surface area contributed by atoms with Crippen LogP contribution >= 0.6 is 0 Å². The molecule has 4 nitrogen and oxygen atoms in total. The average molecular weight is 321 g/mol. The summed E-state index contributed by atoms with van der Waals surface area (Å²) in [5, 5.41) is 12.6. The Bertz CT molecular complexity index is 506. The van der Waals surface area contributed by atoms with Gasteiger partial charge in [0.05, 0.1) is 8.07 Å². The fourth-order valence-electron chi connectivity index (χ4n) is 2.63. The van der Waals surface area contributed by atoms with Gasteiger partial charge in [-0.2, -0.15) is 0 Å². The highest BCUT2D eigenvalue weighted by molar-refractivity contribution is 6.76. The molecule has 122 valence electrons. The van der Waals surface area contributed by atoms with Crippen LogP contribution < -0.4 is 5.32 Å². The summed E-state index contributed by atoms with van der Waals surface area (Å²) in [6.45, 7) is 8.69. The number of carbonyl (C=O) groups excluding carboxylic acids is 1. The molecule has 0 aromatic heterocycles. The summed E-state index contributed by atoms with van der Waals surface area (Å²) in [6, 6.07) is 7.82. The Morgan fingerprint density at radius 1 is 1.32 bits per heavy atom. The first-order chi connectivity index (χ1) is 10.4. The van der Waals surface area contributed by atoms with Crippen LogP contribution in [0.4, 0.5) is 5.69 Å². The van der Waals surface area contributed by atoms with Gasteiger partial charge < -0.3 is 15.3 Å². The molecule has 1 amide bonds. The number of piperidine rings is 1. The minimum absolute atomic E-state index is 0.105. The molecule has 2 N–H and O–H groups in total. The molecule has 1 heterocycles. The summed E-state index contributed by atoms with van der Waals surface area (Å²) in [5.41, 5.74) is 1.78. The molecule has 22 heavy (non-hydrogen) atoms. The lowest BCUT2D eigenvalue weighted by atomic mass is 9.97. The highest BCUT2D eigenvalue weighted by atomic mass is 28.3. The van der Waals surface area contributed by atoms with Gasteiger partial charge in [0.1, 0.15) is 0 Å². The Balaban J connectivity index is 1.98. The van der Waals surface area contributed by atoms with E-state index in [1.54, 1.807) is 0 Å². The molecule has 1 saturated heterocycles. The van der Waals surface area contributed by atoms with E-state index in [0.717, 1.165) is 43.4 Å². The molecule has 1 aliphatic rings. The molecule has 5 heteroatoms. The lowest BCUT2D eigenvalue weighted by molar-refractivity contribution is 0.0651. The van der Waals surface area contributed by atoms with E-state index >= 15 is 0 Å². The van der Waals surface area contributed by atoms with Crippen LogP contribution in [-0.4, -0.2) is 49.9 Å². The molecule has 0 bridgehead atoms. The van der Waals surface area contributed by atoms with Crippen LogP contribution in [0.3, 0.4) is 0 Å². The third-order valence-electron chi connectivity index (χ3n) is 4.09. The first kappa shape index (κ1) is 17.0. The normalized spacial score (nSPS) is 16.6. The number of aliphatic hydroxyl groups is 1. The number of hydrogen-bond acceptors (Lipinski definition) is 3. The number of anilines is 1. The van der Waals surface area contributed by atoms with Crippen molar-refractivity contribution in [3.63, 3.8) is 0 Å². The molecule has 1 aromatic rings. The fraction of sp³-hybridized carbons (Fsp3) is 0.588. The molecule has 0 aliphatic carbocycles. The van der Waals surface area contributed by atoms with E-state index in [2.05, 4.69) is 25.0 Å². The molecule has 0 atom stereocenters. The molecule has 1 aromatic carbocycles. The number of rotatable bonds is 5. The molecular weight excluding hydrogens is 292 g/mol. The number of carbonyl (C=O) groups is 1. The Kier molecular flexibility index (Phi) is 5.64. The molecule has 0 spiro atoms. The largest absolute Gasteiger partial charge is 0.396 e. The second kappa shape index (κ2) is 7.29. The summed E-state index contributed by atoms with van der Waals surface area (Å²) in [6.07, 6.45) is 2.80. The van der Waals surface area contributed by atoms with Gasteiger partial charge in [0.15, 0.2) is 0 Å². The summed E-state index contributed by atoms with van der Waals surface area (Å²) in [4.78, 5) is 14.5. The summed E-state index contributed by atoms with van der Waals surface area (Å²) >= 11 is 0. The monoisotopic (exact) mass is 320 g/mol. The van der Waals surface area contributed by atoms with E-state index in [4.69, 9.17) is 0 Å². The smallest absolute Gasteiger partial charge is 0.253 e. The molecule has 0 radical (unpaired) electrons. The van der Waals surface area contributed by atoms with Gasteiger partial charge in [-0.15, -0.1) is 0 Å². The quantitative estimate of drug-likeness (QED) is 0.820. The minimum atomic E-state index is -1.16. The van der Waals surface area contributed by atoms with Crippen LogP contribution in [0.1, 0.15) is 23.2 Å². The van der Waals surface area contributed by atoms with Gasteiger partial charge in [-0.05, 0) is 37.0 Å². The number of aliphatic hydroxyl groups excluding tert-OH is 1. The predicted octanol–water partition coefficient (Wildman–Crippen LogP) is 2.82. The highest BCUT2D eigenvalue weighted by Gasteiger charge is 2.23. The predicted molar refractivity (Wildman–Crippen MR) is 94.0 cm³/mol. The van der Waals surface area contributed by atoms with Crippen molar-refractivity contribution in [3.05, 3.63) is 29.8 Å². The van der Waals surface area contributed by atoms with Crippen LogP contribution in [0, 0.1) is 5.92 Å². The van der Waals surface area contributed by atoms with Crippen molar-refractivity contribution in [1.82, 2.24) is 4.90 Å². The van der Waals surface area contributed by atoms with Crippen molar-refractivity contribution in [2.24, 2.45) is 5.92 Å². The van der Waals surface area contributed by atoms with Crippen LogP contribution in [0.15, 0.2) is 24.3 Å². The number of nitrogens with zero attached hydrogens (tertiary/aromatic N) is 1. The van der Waals surface area contributed by atoms with Crippen LogP contribution in [-0.2, 0) is 0 Å². The average Bonchev–Trinajstić information content (AvgIpc) is 2.52. The van der Waals surface area contributed by atoms with Crippen LogP contribution in [0.5, 0.6) is 0 Å². The SMILES string of the molecule is C[Si](C)(C)CNc1cccc(C(=O)N2CCC(CO)CC2)c1. The van der Waals surface area contributed by atoms with E-state index in [1.807, 2.05) is 29.2 Å². The van der Waals surface area contributed by atoms with E-state index in [1.165, 1.54) is 0 Å². The number of amides is 1. The highest BCUT2D eigenvalue weighted by Crippen LogP contribution is 2.20. The Morgan fingerprint density at radius 2 is 2.00 bits per heavy atom. The van der Waals surface area contributed by atoms with Gasteiger partial charge in [-0.25, -0.2) is 0 Å². The maximum atomic E-state index is 12.6. The zero-order valence-electron chi connectivity index (χ0n) is 13.9. The van der Waals surface area contributed by atoms with Crippen molar-refractivity contribution in [3.8, 4) is 0 Å². The standard InChI is InChI=1S/C17H28N2O2Si/c1-22(2,3)13-18-16-6-4-5-15(11-16)17(21)19-9-7-14(12-20)8-10-19/h4-6,11,14,18,20H,7-10,12-13H2,1-3H3. The van der Waals surface area contributed by atoms with Gasteiger partial charge in [0.25, 0.3) is 5.91 Å². The minimum Gasteiger partial charge on any atom is -0.396 e. The Hall–Kier alpha value is -1.33. The van der Waals surface area contributed by atoms with E-state index < -0.39 is 8.07 Å². The third-order valence-corrected chi connectivity index (χ3v) is 5.33. The number of benzene rings is 1. The lowest BCUT2D eigenvalue weighted by Gasteiger charge is -2.31. The van der Waals surface area contributed by atoms with Crippen molar-refractivity contribution in [1.29, 1.82) is 0 Å². The van der Waals surface area contributed by atoms with Crippen LogP contribution in [0.2, 0.25) is 19.6 Å². The molecule has 0 unspecified atom stereocenters.